The zero-order valence-corrected chi connectivity index (χ0v) is 13.6. The summed E-state index contributed by atoms with van der Waals surface area (Å²) in [6, 6.07) is 9.87. The topological polar surface area (TPSA) is 79.3 Å². The van der Waals surface area contributed by atoms with Crippen LogP contribution in [0.25, 0.3) is 0 Å². The van der Waals surface area contributed by atoms with Crippen molar-refractivity contribution < 1.29 is 13.0 Å². The fourth-order valence-electron chi connectivity index (χ4n) is 1.86. The van der Waals surface area contributed by atoms with Gasteiger partial charge in [-0.25, -0.2) is 4.98 Å². The lowest BCUT2D eigenvalue weighted by Gasteiger charge is -2.26. The summed E-state index contributed by atoms with van der Waals surface area (Å²) in [6.07, 6.45) is 1.86. The predicted octanol–water partition coefficient (Wildman–Crippen LogP) is 2.66. The van der Waals surface area contributed by atoms with E-state index >= 15 is 0 Å². The molecule has 0 amide bonds. The Bertz CT molecular complexity index is 711. The van der Waals surface area contributed by atoms with Crippen LogP contribution in [0.5, 0.6) is 0 Å². The summed E-state index contributed by atoms with van der Waals surface area (Å²) < 4.78 is 29.6. The summed E-state index contributed by atoms with van der Waals surface area (Å²) >= 11 is 5.65. The number of aromatic nitrogens is 1. The molecule has 22 heavy (non-hydrogen) atoms. The van der Waals surface area contributed by atoms with Crippen LogP contribution < -0.4 is 5.32 Å². The molecular weight excluding hydrogens is 324 g/mol. The minimum Gasteiger partial charge on any atom is -0.315 e. The Morgan fingerprint density at radius 3 is 2.23 bits per heavy atom. The second-order valence-electron chi connectivity index (χ2n) is 5.06. The van der Waals surface area contributed by atoms with Crippen molar-refractivity contribution in [1.29, 1.82) is 0 Å². The number of benzene rings is 1. The number of aryl methyl sites for hydroxylation is 1. The Kier molecular flexibility index (Phi) is 5.52. The van der Waals surface area contributed by atoms with Crippen LogP contribution in [0.2, 0.25) is 5.15 Å². The van der Waals surface area contributed by atoms with Crippen molar-refractivity contribution in [3.8, 4) is 0 Å². The number of halogens is 1. The molecule has 3 rings (SSSR count). The van der Waals surface area contributed by atoms with Gasteiger partial charge in [-0.3, -0.25) is 4.55 Å². The summed E-state index contributed by atoms with van der Waals surface area (Å²) in [5.41, 5.74) is 2.24. The lowest BCUT2D eigenvalue weighted by molar-refractivity contribution is 0.447. The monoisotopic (exact) mass is 340 g/mol. The highest BCUT2D eigenvalue weighted by Crippen LogP contribution is 2.19. The van der Waals surface area contributed by atoms with Gasteiger partial charge in [0.25, 0.3) is 10.1 Å². The second kappa shape index (κ2) is 7.19. The van der Waals surface area contributed by atoms with Crippen LogP contribution in [0.15, 0.2) is 47.5 Å². The smallest absolute Gasteiger partial charge is 0.294 e. The minimum absolute atomic E-state index is 0.0666. The van der Waals surface area contributed by atoms with Gasteiger partial charge < -0.3 is 5.32 Å². The van der Waals surface area contributed by atoms with Gasteiger partial charge >= 0.3 is 0 Å². The Labute approximate surface area is 135 Å². The molecule has 2 aromatic rings. The average molecular weight is 341 g/mol. The Morgan fingerprint density at radius 1 is 1.18 bits per heavy atom. The number of nitrogens with zero attached hydrogens (tertiary/aromatic N) is 1. The van der Waals surface area contributed by atoms with E-state index in [4.69, 9.17) is 16.2 Å². The molecular formula is C15H17ClN2O3S. The average Bonchev–Trinajstić information content (AvgIpc) is 2.39. The van der Waals surface area contributed by atoms with Crippen LogP contribution >= 0.6 is 11.6 Å². The van der Waals surface area contributed by atoms with E-state index in [1.807, 2.05) is 25.3 Å². The van der Waals surface area contributed by atoms with Crippen LogP contribution in [0.4, 0.5) is 0 Å². The second-order valence-corrected chi connectivity index (χ2v) is 6.87. The van der Waals surface area contributed by atoms with Crippen LogP contribution in [-0.4, -0.2) is 31.0 Å². The first-order chi connectivity index (χ1) is 10.4. The van der Waals surface area contributed by atoms with E-state index in [9.17, 15) is 8.42 Å². The van der Waals surface area contributed by atoms with E-state index in [0.717, 1.165) is 18.7 Å². The van der Waals surface area contributed by atoms with Gasteiger partial charge in [-0.15, -0.1) is 0 Å². The van der Waals surface area contributed by atoms with Crippen molar-refractivity contribution in [3.63, 3.8) is 0 Å². The van der Waals surface area contributed by atoms with Crippen molar-refractivity contribution >= 4 is 21.7 Å². The van der Waals surface area contributed by atoms with E-state index in [2.05, 4.69) is 10.3 Å². The van der Waals surface area contributed by atoms with Crippen molar-refractivity contribution in [2.45, 2.75) is 17.7 Å². The largest absolute Gasteiger partial charge is 0.315 e. The van der Waals surface area contributed by atoms with Gasteiger partial charge in [-0.2, -0.15) is 8.42 Å². The van der Waals surface area contributed by atoms with Crippen LogP contribution in [0.1, 0.15) is 17.0 Å². The summed E-state index contributed by atoms with van der Waals surface area (Å²) in [5, 5.41) is 3.78. The van der Waals surface area contributed by atoms with Crippen molar-refractivity contribution in [2.75, 3.05) is 13.1 Å². The SMILES string of the molecule is Cc1ccc(S(=O)(=O)O)cc1.Clc1ccc(C2CNC2)cn1. The maximum atomic E-state index is 10.5. The van der Waals surface area contributed by atoms with Crippen molar-refractivity contribution in [3.05, 3.63) is 58.9 Å². The fourth-order valence-corrected chi connectivity index (χ4v) is 2.46. The summed E-state index contributed by atoms with van der Waals surface area (Å²) in [4.78, 5) is 3.95. The molecule has 1 aliphatic rings. The highest BCUT2D eigenvalue weighted by Gasteiger charge is 2.18. The minimum atomic E-state index is -4.02. The van der Waals surface area contributed by atoms with Crippen LogP contribution in [-0.2, 0) is 10.1 Å². The van der Waals surface area contributed by atoms with Gasteiger partial charge in [0.2, 0.25) is 0 Å². The molecule has 0 aliphatic carbocycles. The highest BCUT2D eigenvalue weighted by atomic mass is 35.5. The normalized spacial score (nSPS) is 14.7. The first kappa shape index (κ1) is 16.9. The zero-order chi connectivity index (χ0) is 16.2. The number of hydrogen-bond donors (Lipinski definition) is 2. The van der Waals surface area contributed by atoms with Gasteiger partial charge in [0.1, 0.15) is 5.15 Å². The van der Waals surface area contributed by atoms with Gasteiger partial charge in [0, 0.05) is 25.2 Å². The molecule has 1 aliphatic heterocycles. The third-order valence-corrected chi connectivity index (χ3v) is 4.41. The Morgan fingerprint density at radius 2 is 1.82 bits per heavy atom. The van der Waals surface area contributed by atoms with Gasteiger partial charge in [0.05, 0.1) is 4.90 Å². The van der Waals surface area contributed by atoms with Crippen molar-refractivity contribution in [1.82, 2.24) is 10.3 Å². The van der Waals surface area contributed by atoms with E-state index < -0.39 is 10.1 Å². The third kappa shape index (κ3) is 4.78. The fraction of sp³-hybridized carbons (Fsp3) is 0.267. The molecule has 0 spiro atoms. The zero-order valence-electron chi connectivity index (χ0n) is 12.0. The molecule has 2 heterocycles. The van der Waals surface area contributed by atoms with E-state index in [0.29, 0.717) is 11.1 Å². The molecule has 1 saturated heterocycles. The predicted molar refractivity (Wildman–Crippen MR) is 85.9 cm³/mol. The van der Waals surface area contributed by atoms with E-state index in [-0.39, 0.29) is 4.90 Å². The van der Waals surface area contributed by atoms with Crippen LogP contribution in [0.3, 0.4) is 0 Å². The highest BCUT2D eigenvalue weighted by molar-refractivity contribution is 7.85. The third-order valence-electron chi connectivity index (χ3n) is 3.32. The molecule has 0 unspecified atom stereocenters. The summed E-state index contributed by atoms with van der Waals surface area (Å²) in [7, 11) is -4.02. The standard InChI is InChI=1S/C8H9ClN2.C7H8O3S/c9-8-2-1-6(5-11-8)7-3-10-4-7;1-6-2-4-7(5-3-6)11(8,9)10/h1-2,5,7,10H,3-4H2;2-5H,1H3,(H,8,9,10). The molecule has 0 atom stereocenters. The summed E-state index contributed by atoms with van der Waals surface area (Å²) in [6.45, 7) is 3.99. The molecule has 0 saturated carbocycles. The summed E-state index contributed by atoms with van der Waals surface area (Å²) in [5.74, 6) is 0.653. The molecule has 0 bridgehead atoms. The van der Waals surface area contributed by atoms with Gasteiger partial charge in [-0.1, -0.05) is 35.4 Å². The van der Waals surface area contributed by atoms with E-state index in [1.165, 1.54) is 17.7 Å². The van der Waals surface area contributed by atoms with Gasteiger partial charge in [-0.05, 0) is 30.7 Å². The molecule has 1 aromatic heterocycles. The van der Waals surface area contributed by atoms with Crippen molar-refractivity contribution in [2.24, 2.45) is 0 Å². The lowest BCUT2D eigenvalue weighted by Crippen LogP contribution is -2.39. The molecule has 1 aromatic carbocycles. The number of nitrogens with one attached hydrogen (secondary N) is 1. The lowest BCUT2D eigenvalue weighted by atomic mass is 9.96. The molecule has 118 valence electrons. The van der Waals surface area contributed by atoms with Crippen LogP contribution in [0, 0.1) is 6.92 Å². The Balaban J connectivity index is 0.000000160. The van der Waals surface area contributed by atoms with E-state index in [1.54, 1.807) is 12.1 Å². The first-order valence-electron chi connectivity index (χ1n) is 6.72. The number of rotatable bonds is 2. The maximum Gasteiger partial charge on any atom is 0.294 e. The van der Waals surface area contributed by atoms with Gasteiger partial charge in [0.15, 0.2) is 0 Å². The molecule has 2 N–H and O–H groups in total. The number of hydrogen-bond acceptors (Lipinski definition) is 4. The molecule has 0 radical (unpaired) electrons. The molecule has 1 fully saturated rings. The maximum absolute atomic E-state index is 10.5. The first-order valence-corrected chi connectivity index (χ1v) is 8.54. The Hall–Kier alpha value is -1.47. The molecule has 7 heteroatoms. The molecule has 5 nitrogen and oxygen atoms in total. The quantitative estimate of drug-likeness (QED) is 0.649. The number of pyridine rings is 1.